The Morgan fingerprint density at radius 2 is 2.30 bits per heavy atom. The maximum Gasteiger partial charge on any atom is 0.404 e. The predicted molar refractivity (Wildman–Crippen MR) is 41.3 cm³/mol. The van der Waals surface area contributed by atoms with Crippen LogP contribution in [0.4, 0.5) is 4.79 Å². The molecule has 0 amide bonds. The molecule has 0 spiro atoms. The van der Waals surface area contributed by atoms with E-state index in [9.17, 15) is 4.79 Å². The van der Waals surface area contributed by atoms with Crippen molar-refractivity contribution in [3.8, 4) is 0 Å². The molecule has 0 N–H and O–H groups in total. The Labute approximate surface area is 66.5 Å². The van der Waals surface area contributed by atoms with E-state index < -0.39 is 5.43 Å². The number of ether oxygens (including phenoxy) is 1. The van der Waals surface area contributed by atoms with Crippen molar-refractivity contribution in [2.75, 3.05) is 0 Å². The normalized spacial score (nSPS) is 12.7. The monoisotopic (exact) mass is 164 g/mol. The Kier molecular flexibility index (Phi) is 5.40. The van der Waals surface area contributed by atoms with Crippen molar-refractivity contribution in [1.29, 1.82) is 0 Å². The number of rotatable bonds is 4. The van der Waals surface area contributed by atoms with Crippen LogP contribution in [0.3, 0.4) is 0 Å². The van der Waals surface area contributed by atoms with Crippen molar-refractivity contribution < 1.29 is 9.53 Å². The molecular formula is C7H13ClO2. The zero-order valence-electron chi connectivity index (χ0n) is 6.39. The van der Waals surface area contributed by atoms with Gasteiger partial charge < -0.3 is 4.74 Å². The van der Waals surface area contributed by atoms with Gasteiger partial charge in [0.1, 0.15) is 6.10 Å². The van der Waals surface area contributed by atoms with Gasteiger partial charge in [-0.05, 0) is 13.3 Å². The zero-order chi connectivity index (χ0) is 7.98. The van der Waals surface area contributed by atoms with Crippen molar-refractivity contribution in [3.05, 3.63) is 0 Å². The smallest absolute Gasteiger partial charge is 0.404 e. The molecule has 0 saturated carbocycles. The molecule has 10 heavy (non-hydrogen) atoms. The quantitative estimate of drug-likeness (QED) is 0.598. The van der Waals surface area contributed by atoms with Crippen LogP contribution in [0, 0.1) is 0 Å². The van der Waals surface area contributed by atoms with Crippen LogP contribution >= 0.6 is 11.6 Å². The van der Waals surface area contributed by atoms with Crippen LogP contribution in [-0.4, -0.2) is 11.5 Å². The van der Waals surface area contributed by atoms with Gasteiger partial charge in [0.05, 0.1) is 0 Å². The van der Waals surface area contributed by atoms with E-state index in [1.165, 1.54) is 0 Å². The fourth-order valence-corrected chi connectivity index (χ4v) is 0.861. The van der Waals surface area contributed by atoms with Gasteiger partial charge in [0, 0.05) is 11.6 Å². The lowest BCUT2D eigenvalue weighted by atomic mass is 10.2. The molecule has 0 aliphatic carbocycles. The summed E-state index contributed by atoms with van der Waals surface area (Å²) < 4.78 is 4.68. The minimum absolute atomic E-state index is 0.0371. The van der Waals surface area contributed by atoms with Crippen molar-refractivity contribution in [3.63, 3.8) is 0 Å². The molecule has 0 aliphatic heterocycles. The van der Waals surface area contributed by atoms with Gasteiger partial charge in [-0.2, -0.15) is 0 Å². The largest absolute Gasteiger partial charge is 0.451 e. The molecule has 0 fully saturated rings. The van der Waals surface area contributed by atoms with Crippen LogP contribution < -0.4 is 0 Å². The van der Waals surface area contributed by atoms with E-state index in [2.05, 4.69) is 11.7 Å². The minimum atomic E-state index is -0.705. The number of unbranched alkanes of at least 4 members (excludes halogenated alkanes) is 1. The maximum absolute atomic E-state index is 10.2. The number of carbonyl (C=O) groups excluding carboxylic acids is 1. The van der Waals surface area contributed by atoms with Crippen LogP contribution in [0.15, 0.2) is 0 Å². The lowest BCUT2D eigenvalue weighted by Gasteiger charge is -2.08. The van der Waals surface area contributed by atoms with Gasteiger partial charge in [-0.25, -0.2) is 4.79 Å². The SMILES string of the molecule is CCCC[C@H](C)OC(=O)Cl. The van der Waals surface area contributed by atoms with E-state index in [4.69, 9.17) is 11.6 Å². The van der Waals surface area contributed by atoms with Gasteiger partial charge in [0.2, 0.25) is 0 Å². The van der Waals surface area contributed by atoms with Gasteiger partial charge in [-0.15, -0.1) is 0 Å². The fourth-order valence-electron chi connectivity index (χ4n) is 0.709. The minimum Gasteiger partial charge on any atom is -0.451 e. The topological polar surface area (TPSA) is 26.3 Å². The van der Waals surface area contributed by atoms with Crippen LogP contribution in [0.25, 0.3) is 0 Å². The third-order valence-corrected chi connectivity index (χ3v) is 1.35. The summed E-state index contributed by atoms with van der Waals surface area (Å²) in [6.45, 7) is 3.94. The fraction of sp³-hybridized carbons (Fsp3) is 0.857. The molecule has 0 aliphatic rings. The molecule has 0 unspecified atom stereocenters. The molecular weight excluding hydrogens is 152 g/mol. The predicted octanol–water partition coefficient (Wildman–Crippen LogP) is 2.94. The van der Waals surface area contributed by atoms with Crippen LogP contribution in [-0.2, 0) is 4.74 Å². The number of hydrogen-bond acceptors (Lipinski definition) is 2. The second-order valence-corrected chi connectivity index (χ2v) is 2.62. The highest BCUT2D eigenvalue weighted by atomic mass is 35.5. The summed E-state index contributed by atoms with van der Waals surface area (Å²) >= 11 is 4.99. The maximum atomic E-state index is 10.2. The highest BCUT2D eigenvalue weighted by Crippen LogP contribution is 2.05. The zero-order valence-corrected chi connectivity index (χ0v) is 7.15. The average Bonchev–Trinajstić information content (AvgIpc) is 1.82. The molecule has 3 heteroatoms. The first-order valence-electron chi connectivity index (χ1n) is 3.53. The molecule has 0 saturated heterocycles. The Morgan fingerprint density at radius 1 is 1.70 bits per heavy atom. The molecule has 0 radical (unpaired) electrons. The second-order valence-electron chi connectivity index (χ2n) is 2.31. The van der Waals surface area contributed by atoms with E-state index >= 15 is 0 Å². The van der Waals surface area contributed by atoms with Gasteiger partial charge >= 0.3 is 5.43 Å². The van der Waals surface area contributed by atoms with Crippen molar-refractivity contribution in [1.82, 2.24) is 0 Å². The lowest BCUT2D eigenvalue weighted by Crippen LogP contribution is -2.09. The second kappa shape index (κ2) is 5.54. The van der Waals surface area contributed by atoms with E-state index in [-0.39, 0.29) is 6.10 Å². The van der Waals surface area contributed by atoms with Crippen molar-refractivity contribution in [2.45, 2.75) is 39.2 Å². The van der Waals surface area contributed by atoms with Crippen LogP contribution in [0.2, 0.25) is 0 Å². The van der Waals surface area contributed by atoms with E-state index in [1.807, 2.05) is 6.92 Å². The molecule has 1 atom stereocenters. The first-order valence-corrected chi connectivity index (χ1v) is 3.90. The van der Waals surface area contributed by atoms with Gasteiger partial charge in [0.15, 0.2) is 0 Å². The van der Waals surface area contributed by atoms with Gasteiger partial charge in [0.25, 0.3) is 0 Å². The summed E-state index contributed by atoms with van der Waals surface area (Å²) in [5, 5.41) is 0. The first kappa shape index (κ1) is 9.76. The molecule has 0 aromatic carbocycles. The van der Waals surface area contributed by atoms with Gasteiger partial charge in [-0.1, -0.05) is 19.8 Å². The molecule has 0 aromatic heterocycles. The van der Waals surface area contributed by atoms with E-state index in [1.54, 1.807) is 0 Å². The Balaban J connectivity index is 3.25. The number of halogens is 1. The highest BCUT2D eigenvalue weighted by Gasteiger charge is 2.04. The first-order chi connectivity index (χ1) is 4.66. The highest BCUT2D eigenvalue weighted by molar-refractivity contribution is 6.61. The summed E-state index contributed by atoms with van der Waals surface area (Å²) in [7, 11) is 0. The van der Waals surface area contributed by atoms with Crippen molar-refractivity contribution in [2.24, 2.45) is 0 Å². The summed E-state index contributed by atoms with van der Waals surface area (Å²) in [6, 6.07) is 0. The summed E-state index contributed by atoms with van der Waals surface area (Å²) in [4.78, 5) is 10.2. The average molecular weight is 165 g/mol. The Hall–Kier alpha value is -0.240. The molecule has 2 nitrogen and oxygen atoms in total. The van der Waals surface area contributed by atoms with E-state index in [0.717, 1.165) is 19.3 Å². The number of hydrogen-bond donors (Lipinski definition) is 0. The Bertz CT molecular complexity index is 104. The molecule has 0 aromatic rings. The van der Waals surface area contributed by atoms with Crippen LogP contribution in [0.1, 0.15) is 33.1 Å². The summed E-state index contributed by atoms with van der Waals surface area (Å²) in [5.41, 5.74) is -0.705. The molecule has 0 heterocycles. The standard InChI is InChI=1S/C7H13ClO2/c1-3-4-5-6(2)10-7(8)9/h6H,3-5H2,1-2H3/t6-/m0/s1. The lowest BCUT2D eigenvalue weighted by molar-refractivity contribution is 0.125. The molecule has 0 rings (SSSR count). The molecule has 0 bridgehead atoms. The Morgan fingerprint density at radius 3 is 2.70 bits per heavy atom. The third kappa shape index (κ3) is 5.89. The third-order valence-electron chi connectivity index (χ3n) is 1.26. The summed E-state index contributed by atoms with van der Waals surface area (Å²) in [5.74, 6) is 0. The van der Waals surface area contributed by atoms with E-state index in [0.29, 0.717) is 0 Å². The van der Waals surface area contributed by atoms with Crippen molar-refractivity contribution >= 4 is 17.0 Å². The molecule has 60 valence electrons. The number of carbonyl (C=O) groups is 1. The van der Waals surface area contributed by atoms with Gasteiger partial charge in [-0.3, -0.25) is 0 Å². The van der Waals surface area contributed by atoms with Crippen LogP contribution in [0.5, 0.6) is 0 Å². The summed E-state index contributed by atoms with van der Waals surface area (Å²) in [6.07, 6.45) is 3.05.